The lowest BCUT2D eigenvalue weighted by Gasteiger charge is -2.17. The highest BCUT2D eigenvalue weighted by Crippen LogP contribution is 2.18. The van der Waals surface area contributed by atoms with Crippen LogP contribution >= 0.6 is 0 Å². The van der Waals surface area contributed by atoms with Gasteiger partial charge < -0.3 is 9.88 Å². The van der Waals surface area contributed by atoms with Gasteiger partial charge in [0.25, 0.3) is 0 Å². The predicted molar refractivity (Wildman–Crippen MR) is 81.2 cm³/mol. The molecule has 21 heavy (non-hydrogen) atoms. The molecule has 0 radical (unpaired) electrons. The van der Waals surface area contributed by atoms with Crippen molar-refractivity contribution in [3.8, 4) is 0 Å². The average molecular weight is 285 g/mol. The van der Waals surface area contributed by atoms with Crippen molar-refractivity contribution in [1.29, 1.82) is 0 Å². The Kier molecular flexibility index (Phi) is 4.21. The Balaban J connectivity index is 2.06. The van der Waals surface area contributed by atoms with Gasteiger partial charge in [-0.05, 0) is 17.7 Å². The minimum atomic E-state index is -0.422. The number of amides is 1. The summed E-state index contributed by atoms with van der Waals surface area (Å²) in [5, 5.41) is 2.88. The van der Waals surface area contributed by atoms with Gasteiger partial charge in [0.2, 0.25) is 5.91 Å². The minimum absolute atomic E-state index is 0.0203. The van der Waals surface area contributed by atoms with Crippen LogP contribution in [0.1, 0.15) is 36.8 Å². The van der Waals surface area contributed by atoms with Crippen LogP contribution in [0.15, 0.2) is 36.8 Å². The van der Waals surface area contributed by atoms with E-state index in [1.807, 2.05) is 45.0 Å². The van der Waals surface area contributed by atoms with Crippen molar-refractivity contribution < 1.29 is 9.59 Å². The summed E-state index contributed by atoms with van der Waals surface area (Å²) in [6.07, 6.45) is 3.94. The van der Waals surface area contributed by atoms with Gasteiger partial charge in [-0.3, -0.25) is 9.59 Å². The maximum Gasteiger partial charge on any atom is 0.229 e. The zero-order valence-corrected chi connectivity index (χ0v) is 12.5. The summed E-state index contributed by atoms with van der Waals surface area (Å²) in [5.41, 5.74) is 1.92. The third-order valence-electron chi connectivity index (χ3n) is 3.11. The van der Waals surface area contributed by atoms with Crippen molar-refractivity contribution in [2.45, 2.75) is 27.3 Å². The Morgan fingerprint density at radius 3 is 2.52 bits per heavy atom. The topological polar surface area (TPSA) is 64.0 Å². The van der Waals surface area contributed by atoms with Gasteiger partial charge in [-0.25, -0.2) is 4.98 Å². The third kappa shape index (κ3) is 3.78. The Labute approximate surface area is 124 Å². The molecule has 2 rings (SSSR count). The Morgan fingerprint density at radius 2 is 1.95 bits per heavy atom. The number of carbonyl (C=O) groups excluding carboxylic acids is 2. The molecule has 2 aromatic rings. The van der Waals surface area contributed by atoms with Crippen LogP contribution < -0.4 is 5.32 Å². The van der Waals surface area contributed by atoms with Gasteiger partial charge in [0.15, 0.2) is 6.29 Å². The number of anilines is 1. The number of aldehydes is 1. The molecule has 0 saturated heterocycles. The SMILES string of the molecule is CC(C)(C)C(=O)Nc1ccc(Cn2cncc2C=O)cc1. The minimum Gasteiger partial charge on any atom is -0.326 e. The Hall–Kier alpha value is -2.43. The summed E-state index contributed by atoms with van der Waals surface area (Å²) in [5.74, 6) is -0.0203. The molecule has 1 aromatic carbocycles. The standard InChI is InChI=1S/C16H19N3O2/c1-16(2,3)15(21)18-13-6-4-12(5-7-13)9-19-11-17-8-14(19)10-20/h4-8,10-11H,9H2,1-3H3,(H,18,21). The lowest BCUT2D eigenvalue weighted by molar-refractivity contribution is -0.123. The van der Waals surface area contributed by atoms with Crippen molar-refractivity contribution in [3.05, 3.63) is 48.0 Å². The van der Waals surface area contributed by atoms with E-state index < -0.39 is 5.41 Å². The molecule has 1 amide bonds. The number of nitrogens with one attached hydrogen (secondary N) is 1. The first-order chi connectivity index (χ1) is 9.90. The molecule has 0 aliphatic heterocycles. The molecule has 0 atom stereocenters. The number of nitrogens with zero attached hydrogens (tertiary/aromatic N) is 2. The lowest BCUT2D eigenvalue weighted by Crippen LogP contribution is -2.27. The fraction of sp³-hybridized carbons (Fsp3) is 0.312. The predicted octanol–water partition coefficient (Wildman–Crippen LogP) is 2.73. The number of imidazole rings is 1. The van der Waals surface area contributed by atoms with Crippen molar-refractivity contribution >= 4 is 17.9 Å². The molecule has 0 fully saturated rings. The summed E-state index contributed by atoms with van der Waals surface area (Å²) >= 11 is 0. The third-order valence-corrected chi connectivity index (χ3v) is 3.11. The van der Waals surface area contributed by atoms with E-state index in [2.05, 4.69) is 10.3 Å². The van der Waals surface area contributed by atoms with Crippen molar-refractivity contribution in [1.82, 2.24) is 9.55 Å². The van der Waals surface area contributed by atoms with Crippen LogP contribution in [0, 0.1) is 5.41 Å². The molecule has 0 aliphatic rings. The first-order valence-corrected chi connectivity index (χ1v) is 6.76. The van der Waals surface area contributed by atoms with Gasteiger partial charge in [-0.1, -0.05) is 32.9 Å². The van der Waals surface area contributed by atoms with E-state index in [0.717, 1.165) is 17.5 Å². The number of benzene rings is 1. The summed E-state index contributed by atoms with van der Waals surface area (Å²) < 4.78 is 1.77. The molecule has 5 heteroatoms. The number of hydrogen-bond donors (Lipinski definition) is 1. The monoisotopic (exact) mass is 285 g/mol. The average Bonchev–Trinajstić information content (AvgIpc) is 2.87. The molecule has 0 saturated carbocycles. The molecule has 0 bridgehead atoms. The van der Waals surface area contributed by atoms with E-state index in [0.29, 0.717) is 12.2 Å². The summed E-state index contributed by atoms with van der Waals surface area (Å²) in [6, 6.07) is 7.56. The van der Waals surface area contributed by atoms with E-state index in [1.54, 1.807) is 10.9 Å². The molecule has 110 valence electrons. The van der Waals surface area contributed by atoms with Gasteiger partial charge in [0.1, 0.15) is 5.69 Å². The quantitative estimate of drug-likeness (QED) is 0.878. The van der Waals surface area contributed by atoms with Crippen molar-refractivity contribution in [2.75, 3.05) is 5.32 Å². The fourth-order valence-corrected chi connectivity index (χ4v) is 1.77. The second kappa shape index (κ2) is 5.91. The molecule has 0 aliphatic carbocycles. The molecule has 0 spiro atoms. The van der Waals surface area contributed by atoms with E-state index in [9.17, 15) is 9.59 Å². The molecule has 1 N–H and O–H groups in total. The molecular weight excluding hydrogens is 266 g/mol. The molecule has 5 nitrogen and oxygen atoms in total. The molecule has 0 unspecified atom stereocenters. The maximum absolute atomic E-state index is 11.9. The number of rotatable bonds is 4. The number of carbonyl (C=O) groups is 2. The fourth-order valence-electron chi connectivity index (χ4n) is 1.77. The smallest absolute Gasteiger partial charge is 0.229 e. The van der Waals surface area contributed by atoms with Crippen LogP contribution in [-0.2, 0) is 11.3 Å². The second-order valence-corrected chi connectivity index (χ2v) is 5.97. The summed E-state index contributed by atoms with van der Waals surface area (Å²) in [4.78, 5) is 26.7. The summed E-state index contributed by atoms with van der Waals surface area (Å²) in [6.45, 7) is 6.19. The van der Waals surface area contributed by atoms with E-state index in [1.165, 1.54) is 6.20 Å². The highest BCUT2D eigenvalue weighted by molar-refractivity contribution is 5.94. The van der Waals surface area contributed by atoms with Gasteiger partial charge in [-0.15, -0.1) is 0 Å². The number of hydrogen-bond acceptors (Lipinski definition) is 3. The molecular formula is C16H19N3O2. The van der Waals surface area contributed by atoms with Gasteiger partial charge >= 0.3 is 0 Å². The van der Waals surface area contributed by atoms with Crippen LogP contribution in [0.25, 0.3) is 0 Å². The normalized spacial score (nSPS) is 11.2. The van der Waals surface area contributed by atoms with E-state index in [4.69, 9.17) is 0 Å². The van der Waals surface area contributed by atoms with Gasteiger partial charge in [0.05, 0.1) is 12.5 Å². The van der Waals surface area contributed by atoms with E-state index >= 15 is 0 Å². The van der Waals surface area contributed by atoms with Crippen LogP contribution in [0.2, 0.25) is 0 Å². The Bertz CT molecular complexity index is 636. The molecule has 1 heterocycles. The lowest BCUT2D eigenvalue weighted by atomic mass is 9.95. The first-order valence-electron chi connectivity index (χ1n) is 6.76. The van der Waals surface area contributed by atoms with Crippen LogP contribution in [0.4, 0.5) is 5.69 Å². The summed E-state index contributed by atoms with van der Waals surface area (Å²) in [7, 11) is 0. The highest BCUT2D eigenvalue weighted by atomic mass is 16.2. The second-order valence-electron chi connectivity index (χ2n) is 5.97. The van der Waals surface area contributed by atoms with E-state index in [-0.39, 0.29) is 5.91 Å². The maximum atomic E-state index is 11.9. The van der Waals surface area contributed by atoms with Gasteiger partial charge in [0, 0.05) is 17.6 Å². The Morgan fingerprint density at radius 1 is 1.29 bits per heavy atom. The van der Waals surface area contributed by atoms with Crippen LogP contribution in [0.3, 0.4) is 0 Å². The van der Waals surface area contributed by atoms with Crippen LogP contribution in [-0.4, -0.2) is 21.7 Å². The highest BCUT2D eigenvalue weighted by Gasteiger charge is 2.20. The number of aromatic nitrogens is 2. The first kappa shape index (κ1) is 15.0. The zero-order chi connectivity index (χ0) is 15.5. The van der Waals surface area contributed by atoms with Gasteiger partial charge in [-0.2, -0.15) is 0 Å². The van der Waals surface area contributed by atoms with Crippen LogP contribution in [0.5, 0.6) is 0 Å². The van der Waals surface area contributed by atoms with Crippen molar-refractivity contribution in [2.24, 2.45) is 5.41 Å². The zero-order valence-electron chi connectivity index (χ0n) is 12.5. The largest absolute Gasteiger partial charge is 0.326 e. The molecule has 1 aromatic heterocycles. The van der Waals surface area contributed by atoms with Crippen molar-refractivity contribution in [3.63, 3.8) is 0 Å².